The quantitative estimate of drug-likeness (QED) is 0.609. The van der Waals surface area contributed by atoms with Crippen LogP contribution in [0.15, 0.2) is 24.3 Å². The van der Waals surface area contributed by atoms with E-state index in [0.29, 0.717) is 17.9 Å². The van der Waals surface area contributed by atoms with Gasteiger partial charge in [-0.25, -0.2) is 4.79 Å². The molecule has 1 aromatic carbocycles. The SMILES string of the molecule is COC(=O)c1ccc(CCC[C@]2(CC[C@@H](O)C3CCCCC3)CCC(=O)N2)cc1. The van der Waals surface area contributed by atoms with Gasteiger partial charge in [-0.2, -0.15) is 0 Å². The first kappa shape index (κ1) is 21.8. The molecule has 0 spiro atoms. The minimum atomic E-state index is -0.319. The summed E-state index contributed by atoms with van der Waals surface area (Å²) in [5.74, 6) is 0.256. The van der Waals surface area contributed by atoms with E-state index in [1.807, 2.05) is 12.1 Å². The zero-order chi connectivity index (χ0) is 20.7. The fourth-order valence-electron chi connectivity index (χ4n) is 5.01. The summed E-state index contributed by atoms with van der Waals surface area (Å²) < 4.78 is 4.74. The Morgan fingerprint density at radius 3 is 2.55 bits per heavy atom. The van der Waals surface area contributed by atoms with Crippen molar-refractivity contribution < 1.29 is 19.4 Å². The smallest absolute Gasteiger partial charge is 0.337 e. The van der Waals surface area contributed by atoms with E-state index >= 15 is 0 Å². The van der Waals surface area contributed by atoms with Crippen molar-refractivity contribution in [2.45, 2.75) is 88.7 Å². The first-order valence-electron chi connectivity index (χ1n) is 11.2. The summed E-state index contributed by atoms with van der Waals surface area (Å²) in [7, 11) is 1.39. The summed E-state index contributed by atoms with van der Waals surface area (Å²) in [6.07, 6.45) is 11.7. The number of carbonyl (C=O) groups excluding carboxylic acids is 2. The number of rotatable bonds is 9. The minimum absolute atomic E-state index is 0.139. The van der Waals surface area contributed by atoms with Crippen LogP contribution in [0.5, 0.6) is 0 Å². The van der Waals surface area contributed by atoms with Crippen LogP contribution >= 0.6 is 0 Å². The molecule has 1 saturated carbocycles. The second-order valence-electron chi connectivity index (χ2n) is 8.87. The zero-order valence-corrected chi connectivity index (χ0v) is 17.6. The van der Waals surface area contributed by atoms with E-state index in [2.05, 4.69) is 5.32 Å². The molecule has 0 bridgehead atoms. The zero-order valence-electron chi connectivity index (χ0n) is 17.6. The number of nitrogens with one attached hydrogen (secondary N) is 1. The average molecular weight is 402 g/mol. The largest absolute Gasteiger partial charge is 0.465 e. The van der Waals surface area contributed by atoms with Gasteiger partial charge in [0, 0.05) is 12.0 Å². The highest BCUT2D eigenvalue weighted by atomic mass is 16.5. The van der Waals surface area contributed by atoms with Gasteiger partial charge < -0.3 is 15.2 Å². The van der Waals surface area contributed by atoms with Crippen LogP contribution in [-0.4, -0.2) is 35.7 Å². The lowest BCUT2D eigenvalue weighted by molar-refractivity contribution is -0.119. The fraction of sp³-hybridized carbons (Fsp3) is 0.667. The third-order valence-electron chi connectivity index (χ3n) is 6.84. The number of carbonyl (C=O) groups is 2. The number of amides is 1. The van der Waals surface area contributed by atoms with Gasteiger partial charge in [-0.1, -0.05) is 31.4 Å². The summed E-state index contributed by atoms with van der Waals surface area (Å²) in [5, 5.41) is 13.9. The lowest BCUT2D eigenvalue weighted by Crippen LogP contribution is -2.42. The molecule has 1 aliphatic carbocycles. The van der Waals surface area contributed by atoms with Gasteiger partial charge in [0.15, 0.2) is 0 Å². The lowest BCUT2D eigenvalue weighted by Gasteiger charge is -2.33. The molecule has 0 radical (unpaired) electrons. The maximum absolute atomic E-state index is 12.0. The highest BCUT2D eigenvalue weighted by Gasteiger charge is 2.37. The maximum atomic E-state index is 12.0. The molecule has 1 amide bonds. The number of hydrogen-bond acceptors (Lipinski definition) is 4. The van der Waals surface area contributed by atoms with Crippen molar-refractivity contribution in [3.63, 3.8) is 0 Å². The average Bonchev–Trinajstić information content (AvgIpc) is 3.13. The summed E-state index contributed by atoms with van der Waals surface area (Å²) in [4.78, 5) is 23.5. The lowest BCUT2D eigenvalue weighted by atomic mass is 9.80. The van der Waals surface area contributed by atoms with Crippen molar-refractivity contribution in [1.82, 2.24) is 5.32 Å². The van der Waals surface area contributed by atoms with E-state index in [1.165, 1.54) is 31.9 Å². The van der Waals surface area contributed by atoms with E-state index in [-0.39, 0.29) is 23.5 Å². The summed E-state index contributed by atoms with van der Waals surface area (Å²) in [5.41, 5.74) is 1.57. The van der Waals surface area contributed by atoms with Crippen LogP contribution in [0.3, 0.4) is 0 Å². The Labute approximate surface area is 174 Å². The summed E-state index contributed by atoms with van der Waals surface area (Å²) in [6.45, 7) is 0. The molecule has 5 heteroatoms. The Kier molecular flexibility index (Phi) is 7.70. The highest BCUT2D eigenvalue weighted by Crippen LogP contribution is 2.34. The normalized spacial score (nSPS) is 23.6. The molecule has 1 saturated heterocycles. The Bertz CT molecular complexity index is 681. The van der Waals surface area contributed by atoms with E-state index in [9.17, 15) is 14.7 Å². The number of aliphatic hydroxyl groups is 1. The monoisotopic (exact) mass is 401 g/mol. The summed E-state index contributed by atoms with van der Waals surface area (Å²) >= 11 is 0. The highest BCUT2D eigenvalue weighted by molar-refractivity contribution is 5.89. The van der Waals surface area contributed by atoms with Crippen LogP contribution in [0.1, 0.15) is 86.6 Å². The number of esters is 1. The van der Waals surface area contributed by atoms with Crippen molar-refractivity contribution >= 4 is 11.9 Å². The molecule has 2 aliphatic rings. The van der Waals surface area contributed by atoms with Gasteiger partial charge >= 0.3 is 5.97 Å². The molecule has 5 nitrogen and oxygen atoms in total. The molecule has 160 valence electrons. The van der Waals surface area contributed by atoms with Crippen molar-refractivity contribution in [1.29, 1.82) is 0 Å². The van der Waals surface area contributed by atoms with Crippen LogP contribution in [0, 0.1) is 5.92 Å². The van der Waals surface area contributed by atoms with Gasteiger partial charge in [-0.3, -0.25) is 4.79 Å². The number of methoxy groups -OCH3 is 1. The predicted octanol–water partition coefficient (Wildman–Crippen LogP) is 4.17. The second-order valence-corrected chi connectivity index (χ2v) is 8.87. The molecule has 1 aromatic rings. The van der Waals surface area contributed by atoms with Crippen LogP contribution in [0.25, 0.3) is 0 Å². The van der Waals surface area contributed by atoms with E-state index in [1.54, 1.807) is 12.1 Å². The molecule has 0 aromatic heterocycles. The molecule has 2 atom stereocenters. The minimum Gasteiger partial charge on any atom is -0.465 e. The molecule has 1 aliphatic heterocycles. The van der Waals surface area contributed by atoms with Gasteiger partial charge in [-0.15, -0.1) is 0 Å². The fourth-order valence-corrected chi connectivity index (χ4v) is 5.01. The Hall–Kier alpha value is -1.88. The van der Waals surface area contributed by atoms with Gasteiger partial charge in [0.1, 0.15) is 0 Å². The summed E-state index contributed by atoms with van der Waals surface area (Å²) in [6, 6.07) is 7.54. The van der Waals surface area contributed by atoms with Gasteiger partial charge in [0.25, 0.3) is 0 Å². The third kappa shape index (κ3) is 6.05. The van der Waals surface area contributed by atoms with Gasteiger partial charge in [-0.05, 0) is 75.0 Å². The van der Waals surface area contributed by atoms with Crippen LogP contribution in [-0.2, 0) is 16.0 Å². The third-order valence-corrected chi connectivity index (χ3v) is 6.84. The van der Waals surface area contributed by atoms with E-state index in [0.717, 1.165) is 51.4 Å². The Balaban J connectivity index is 1.50. The molecule has 2 fully saturated rings. The van der Waals surface area contributed by atoms with Crippen molar-refractivity contribution in [2.75, 3.05) is 7.11 Å². The molecular formula is C24H35NO4. The standard InChI is InChI=1S/C24H35NO4/c1-29-23(28)20-11-9-18(10-12-20)6-5-15-24(17-14-22(27)25-24)16-13-21(26)19-7-3-2-4-8-19/h9-12,19,21,26H,2-8,13-17H2,1H3,(H,25,27)/t21-,24+/m1/s1. The van der Waals surface area contributed by atoms with Crippen LogP contribution in [0.2, 0.25) is 0 Å². The van der Waals surface area contributed by atoms with Crippen molar-refractivity contribution in [3.8, 4) is 0 Å². The van der Waals surface area contributed by atoms with Gasteiger partial charge in [0.05, 0.1) is 18.8 Å². The molecule has 0 unspecified atom stereocenters. The topological polar surface area (TPSA) is 75.6 Å². The number of aliphatic hydroxyl groups excluding tert-OH is 1. The molecular weight excluding hydrogens is 366 g/mol. The Morgan fingerprint density at radius 2 is 1.93 bits per heavy atom. The van der Waals surface area contributed by atoms with E-state index < -0.39 is 0 Å². The number of benzene rings is 1. The van der Waals surface area contributed by atoms with Crippen molar-refractivity contribution in [3.05, 3.63) is 35.4 Å². The molecule has 3 rings (SSSR count). The number of ether oxygens (including phenoxy) is 1. The maximum Gasteiger partial charge on any atom is 0.337 e. The first-order valence-corrected chi connectivity index (χ1v) is 11.2. The molecule has 1 heterocycles. The van der Waals surface area contributed by atoms with Crippen LogP contribution < -0.4 is 5.32 Å². The predicted molar refractivity (Wildman–Crippen MR) is 113 cm³/mol. The van der Waals surface area contributed by atoms with E-state index in [4.69, 9.17) is 4.74 Å². The first-order chi connectivity index (χ1) is 14.0. The van der Waals surface area contributed by atoms with Crippen LogP contribution in [0.4, 0.5) is 0 Å². The van der Waals surface area contributed by atoms with Crippen molar-refractivity contribution in [2.24, 2.45) is 5.92 Å². The molecule has 2 N–H and O–H groups in total. The second kappa shape index (κ2) is 10.2. The van der Waals surface area contributed by atoms with Gasteiger partial charge in [0.2, 0.25) is 5.91 Å². The molecule has 29 heavy (non-hydrogen) atoms. The Morgan fingerprint density at radius 1 is 1.21 bits per heavy atom. The number of hydrogen-bond donors (Lipinski definition) is 2. The number of aryl methyl sites for hydroxylation is 1.